The van der Waals surface area contributed by atoms with Crippen molar-refractivity contribution in [3.63, 3.8) is 0 Å². The van der Waals surface area contributed by atoms with E-state index in [1.54, 1.807) is 36.4 Å². The standard InChI is InChI=1S/C18H19ClN2O3/c1-11-3-8-15(20-12(2)22)16(9-11)21-18(24)10-17(23)13-4-6-14(19)7-5-13/h3-9,17,23H,10H2,1-2H3,(H,20,22)(H,21,24). The molecule has 0 aromatic heterocycles. The monoisotopic (exact) mass is 346 g/mol. The molecule has 0 fully saturated rings. The number of amides is 2. The second-order valence-electron chi connectivity index (χ2n) is 5.55. The van der Waals surface area contributed by atoms with Gasteiger partial charge in [-0.05, 0) is 42.3 Å². The van der Waals surface area contributed by atoms with Crippen LogP contribution in [0.2, 0.25) is 5.02 Å². The molecule has 2 aromatic rings. The van der Waals surface area contributed by atoms with Gasteiger partial charge in [0.2, 0.25) is 11.8 Å². The van der Waals surface area contributed by atoms with E-state index < -0.39 is 6.10 Å². The Morgan fingerprint density at radius 1 is 1.08 bits per heavy atom. The molecule has 0 heterocycles. The number of hydrogen-bond donors (Lipinski definition) is 3. The Morgan fingerprint density at radius 3 is 2.38 bits per heavy atom. The molecule has 2 aromatic carbocycles. The van der Waals surface area contributed by atoms with Crippen molar-refractivity contribution in [2.45, 2.75) is 26.4 Å². The van der Waals surface area contributed by atoms with Gasteiger partial charge in [-0.1, -0.05) is 29.8 Å². The number of aryl methyl sites for hydroxylation is 1. The molecule has 0 radical (unpaired) electrons. The first-order chi connectivity index (χ1) is 11.3. The molecule has 6 heteroatoms. The molecule has 2 amide bonds. The molecule has 5 nitrogen and oxygen atoms in total. The maximum Gasteiger partial charge on any atom is 0.227 e. The number of rotatable bonds is 5. The van der Waals surface area contributed by atoms with Crippen LogP contribution in [0.4, 0.5) is 11.4 Å². The topological polar surface area (TPSA) is 78.4 Å². The zero-order valence-corrected chi connectivity index (χ0v) is 14.2. The Morgan fingerprint density at radius 2 is 1.75 bits per heavy atom. The highest BCUT2D eigenvalue weighted by molar-refractivity contribution is 6.30. The quantitative estimate of drug-likeness (QED) is 0.773. The van der Waals surface area contributed by atoms with Crippen LogP contribution in [0.25, 0.3) is 0 Å². The molecule has 0 aliphatic carbocycles. The SMILES string of the molecule is CC(=O)Nc1ccc(C)cc1NC(=O)CC(O)c1ccc(Cl)cc1. The Kier molecular flexibility index (Phi) is 5.95. The third-order valence-electron chi connectivity index (χ3n) is 3.39. The fourth-order valence-electron chi connectivity index (χ4n) is 2.24. The lowest BCUT2D eigenvalue weighted by atomic mass is 10.1. The maximum absolute atomic E-state index is 12.2. The van der Waals surface area contributed by atoms with Crippen LogP contribution in [-0.4, -0.2) is 16.9 Å². The summed E-state index contributed by atoms with van der Waals surface area (Å²) >= 11 is 5.81. The van der Waals surface area contributed by atoms with E-state index in [4.69, 9.17) is 11.6 Å². The molecular weight excluding hydrogens is 328 g/mol. The van der Waals surface area contributed by atoms with Gasteiger partial charge in [-0.25, -0.2) is 0 Å². The minimum atomic E-state index is -0.934. The molecule has 0 saturated carbocycles. The van der Waals surface area contributed by atoms with Crippen LogP contribution in [0.5, 0.6) is 0 Å². The van der Waals surface area contributed by atoms with E-state index in [2.05, 4.69) is 10.6 Å². The van der Waals surface area contributed by atoms with Crippen molar-refractivity contribution in [3.8, 4) is 0 Å². The van der Waals surface area contributed by atoms with Gasteiger partial charge in [-0.15, -0.1) is 0 Å². The van der Waals surface area contributed by atoms with E-state index in [1.807, 2.05) is 13.0 Å². The van der Waals surface area contributed by atoms with E-state index in [9.17, 15) is 14.7 Å². The normalized spacial score (nSPS) is 11.7. The summed E-state index contributed by atoms with van der Waals surface area (Å²) in [6, 6.07) is 12.0. The van der Waals surface area contributed by atoms with Gasteiger partial charge in [0.05, 0.1) is 23.9 Å². The molecule has 0 spiro atoms. The molecule has 3 N–H and O–H groups in total. The summed E-state index contributed by atoms with van der Waals surface area (Å²) in [5, 5.41) is 16.1. The highest BCUT2D eigenvalue weighted by Crippen LogP contribution is 2.25. The molecule has 1 atom stereocenters. The predicted octanol–water partition coefficient (Wildman–Crippen LogP) is 3.67. The second kappa shape index (κ2) is 7.95. The van der Waals surface area contributed by atoms with Crippen molar-refractivity contribution < 1.29 is 14.7 Å². The average Bonchev–Trinajstić information content (AvgIpc) is 2.50. The summed E-state index contributed by atoms with van der Waals surface area (Å²) < 4.78 is 0. The highest BCUT2D eigenvalue weighted by atomic mass is 35.5. The summed E-state index contributed by atoms with van der Waals surface area (Å²) in [5.74, 6) is -0.579. The summed E-state index contributed by atoms with van der Waals surface area (Å²) in [5.41, 5.74) is 2.57. The number of nitrogens with one attached hydrogen (secondary N) is 2. The summed E-state index contributed by atoms with van der Waals surface area (Å²) in [7, 11) is 0. The predicted molar refractivity (Wildman–Crippen MR) is 95.1 cm³/mol. The fraction of sp³-hybridized carbons (Fsp3) is 0.222. The number of hydrogen-bond acceptors (Lipinski definition) is 3. The number of aliphatic hydroxyl groups excluding tert-OH is 1. The third-order valence-corrected chi connectivity index (χ3v) is 3.65. The van der Waals surface area contributed by atoms with Crippen molar-refractivity contribution >= 4 is 34.8 Å². The lowest BCUT2D eigenvalue weighted by molar-refractivity contribution is -0.118. The Hall–Kier alpha value is -2.37. The maximum atomic E-state index is 12.2. The summed E-state index contributed by atoms with van der Waals surface area (Å²) in [6.45, 7) is 3.28. The molecule has 0 saturated heterocycles. The first-order valence-electron chi connectivity index (χ1n) is 7.47. The van der Waals surface area contributed by atoms with E-state index in [0.29, 0.717) is 22.0 Å². The number of carbonyl (C=O) groups excluding carboxylic acids is 2. The number of anilines is 2. The lowest BCUT2D eigenvalue weighted by Crippen LogP contribution is -2.17. The summed E-state index contributed by atoms with van der Waals surface area (Å²) in [6.07, 6.45) is -1.04. The summed E-state index contributed by atoms with van der Waals surface area (Å²) in [4.78, 5) is 23.5. The highest BCUT2D eigenvalue weighted by Gasteiger charge is 2.15. The molecule has 0 aliphatic rings. The number of aliphatic hydroxyl groups is 1. The van der Waals surface area contributed by atoms with Crippen LogP contribution in [0.15, 0.2) is 42.5 Å². The molecule has 0 aliphatic heterocycles. The lowest BCUT2D eigenvalue weighted by Gasteiger charge is -2.14. The van der Waals surface area contributed by atoms with Crippen LogP contribution in [-0.2, 0) is 9.59 Å². The van der Waals surface area contributed by atoms with Crippen molar-refractivity contribution in [1.82, 2.24) is 0 Å². The van der Waals surface area contributed by atoms with Gasteiger partial charge in [0.25, 0.3) is 0 Å². The van der Waals surface area contributed by atoms with Gasteiger partial charge in [0, 0.05) is 11.9 Å². The van der Waals surface area contributed by atoms with Gasteiger partial charge < -0.3 is 15.7 Å². The Bertz CT molecular complexity index is 744. The minimum absolute atomic E-state index is 0.102. The van der Waals surface area contributed by atoms with Crippen molar-refractivity contribution in [2.75, 3.05) is 10.6 Å². The minimum Gasteiger partial charge on any atom is -0.388 e. The smallest absolute Gasteiger partial charge is 0.227 e. The second-order valence-corrected chi connectivity index (χ2v) is 5.99. The van der Waals surface area contributed by atoms with Gasteiger partial charge >= 0.3 is 0 Å². The van der Waals surface area contributed by atoms with Gasteiger partial charge in [0.1, 0.15) is 0 Å². The van der Waals surface area contributed by atoms with Crippen molar-refractivity contribution in [2.24, 2.45) is 0 Å². The molecule has 126 valence electrons. The third kappa shape index (κ3) is 5.08. The zero-order chi connectivity index (χ0) is 17.7. The van der Waals surface area contributed by atoms with E-state index >= 15 is 0 Å². The number of carbonyl (C=O) groups is 2. The largest absolute Gasteiger partial charge is 0.388 e. The molecular formula is C18H19ClN2O3. The van der Waals surface area contributed by atoms with Gasteiger partial charge in [-0.3, -0.25) is 9.59 Å². The first-order valence-corrected chi connectivity index (χ1v) is 7.84. The Labute approximate surface area is 145 Å². The Balaban J connectivity index is 2.07. The van der Waals surface area contributed by atoms with Gasteiger partial charge in [0.15, 0.2) is 0 Å². The number of halogens is 1. The number of benzene rings is 2. The van der Waals surface area contributed by atoms with E-state index in [1.165, 1.54) is 6.92 Å². The first kappa shape index (κ1) is 18.0. The molecule has 2 rings (SSSR count). The van der Waals surface area contributed by atoms with Crippen LogP contribution in [0.3, 0.4) is 0 Å². The van der Waals surface area contributed by atoms with Crippen LogP contribution in [0, 0.1) is 6.92 Å². The van der Waals surface area contributed by atoms with Crippen molar-refractivity contribution in [3.05, 3.63) is 58.6 Å². The fourth-order valence-corrected chi connectivity index (χ4v) is 2.37. The molecule has 0 bridgehead atoms. The zero-order valence-electron chi connectivity index (χ0n) is 13.5. The van der Waals surface area contributed by atoms with E-state index in [0.717, 1.165) is 5.56 Å². The molecule has 24 heavy (non-hydrogen) atoms. The van der Waals surface area contributed by atoms with Crippen molar-refractivity contribution in [1.29, 1.82) is 0 Å². The van der Waals surface area contributed by atoms with E-state index in [-0.39, 0.29) is 18.2 Å². The van der Waals surface area contributed by atoms with Crippen LogP contribution in [0.1, 0.15) is 30.6 Å². The van der Waals surface area contributed by atoms with Crippen LogP contribution >= 0.6 is 11.6 Å². The van der Waals surface area contributed by atoms with Crippen LogP contribution < -0.4 is 10.6 Å². The average molecular weight is 347 g/mol. The van der Waals surface area contributed by atoms with Gasteiger partial charge in [-0.2, -0.15) is 0 Å². The molecule has 1 unspecified atom stereocenters.